The molecule has 0 N–H and O–H groups in total. The van der Waals surface area contributed by atoms with Crippen LogP contribution in [0, 0.1) is 12.8 Å². The second-order valence-corrected chi connectivity index (χ2v) is 9.01. The molecule has 0 aromatic carbocycles. The molecule has 1 aliphatic heterocycles. The molecule has 26 heavy (non-hydrogen) atoms. The lowest BCUT2D eigenvalue weighted by atomic mass is 9.84. The zero-order valence-corrected chi connectivity index (χ0v) is 16.3. The van der Waals surface area contributed by atoms with E-state index in [9.17, 15) is 4.79 Å². The van der Waals surface area contributed by atoms with Gasteiger partial charge in [-0.1, -0.05) is 6.42 Å². The highest BCUT2D eigenvalue weighted by Gasteiger charge is 2.32. The molecule has 0 bridgehead atoms. The maximum Gasteiger partial charge on any atom is 0.225 e. The Hall–Kier alpha value is -1.69. The fourth-order valence-electron chi connectivity index (χ4n) is 4.52. The Kier molecular flexibility index (Phi) is 4.11. The topological polar surface area (TPSA) is 49.3 Å². The average molecular weight is 371 g/mol. The van der Waals surface area contributed by atoms with Crippen LogP contribution >= 0.6 is 11.3 Å². The average Bonchev–Trinajstić information content (AvgIpc) is 2.97. The van der Waals surface area contributed by atoms with E-state index in [4.69, 9.17) is 9.97 Å². The highest BCUT2D eigenvalue weighted by molar-refractivity contribution is 7.19. The van der Waals surface area contributed by atoms with E-state index in [0.29, 0.717) is 11.8 Å². The maximum atomic E-state index is 12.5. The molecule has 2 aliphatic carbocycles. The van der Waals surface area contributed by atoms with Crippen molar-refractivity contribution in [1.29, 1.82) is 0 Å². The number of rotatable bonds is 2. The van der Waals surface area contributed by atoms with Crippen LogP contribution < -0.4 is 4.90 Å². The summed E-state index contributed by atoms with van der Waals surface area (Å²) in [5, 5.41) is 1.30. The van der Waals surface area contributed by atoms with Crippen molar-refractivity contribution in [3.8, 4) is 0 Å². The first-order valence-corrected chi connectivity index (χ1v) is 10.8. The van der Waals surface area contributed by atoms with Crippen LogP contribution in [-0.4, -0.2) is 47.0 Å². The van der Waals surface area contributed by atoms with E-state index >= 15 is 0 Å². The quantitative estimate of drug-likeness (QED) is 0.814. The Morgan fingerprint density at radius 1 is 1.04 bits per heavy atom. The molecular weight excluding hydrogens is 344 g/mol. The normalized spacial score (nSPS) is 21.0. The Morgan fingerprint density at radius 2 is 1.81 bits per heavy atom. The first kappa shape index (κ1) is 16.5. The summed E-state index contributed by atoms with van der Waals surface area (Å²) in [6.45, 7) is 5.42. The van der Waals surface area contributed by atoms with Gasteiger partial charge in [-0.25, -0.2) is 9.97 Å². The summed E-state index contributed by atoms with van der Waals surface area (Å²) in [6, 6.07) is 0. The van der Waals surface area contributed by atoms with Crippen molar-refractivity contribution in [1.82, 2.24) is 14.9 Å². The summed E-state index contributed by atoms with van der Waals surface area (Å²) in [4.78, 5) is 29.3. The third-order valence-corrected chi connectivity index (χ3v) is 7.44. The molecule has 6 heteroatoms. The van der Waals surface area contributed by atoms with Crippen LogP contribution in [-0.2, 0) is 17.6 Å². The number of carbonyl (C=O) groups excluding carboxylic acids is 1. The number of carbonyl (C=O) groups is 1. The number of amides is 1. The van der Waals surface area contributed by atoms with Gasteiger partial charge >= 0.3 is 0 Å². The van der Waals surface area contributed by atoms with E-state index in [2.05, 4.69) is 9.80 Å². The minimum atomic E-state index is 0.304. The highest BCUT2D eigenvalue weighted by atomic mass is 32.1. The van der Waals surface area contributed by atoms with Gasteiger partial charge in [-0.3, -0.25) is 4.79 Å². The summed E-state index contributed by atoms with van der Waals surface area (Å²) in [5.41, 5.74) is 1.50. The fourth-order valence-corrected chi connectivity index (χ4v) is 5.82. The molecule has 3 aliphatic rings. The second kappa shape index (κ2) is 6.48. The van der Waals surface area contributed by atoms with Crippen molar-refractivity contribution < 1.29 is 4.79 Å². The van der Waals surface area contributed by atoms with Crippen molar-refractivity contribution in [3.05, 3.63) is 16.3 Å². The standard InChI is InChI=1S/C20H26N4OS/c1-13-21-18(17-15-7-2-3-8-16(15)26-19(17)22-13)23-9-11-24(12-10-23)20(25)14-5-4-6-14/h14H,2-12H2,1H3. The molecule has 0 radical (unpaired) electrons. The van der Waals surface area contributed by atoms with Crippen LogP contribution in [0.3, 0.4) is 0 Å². The molecule has 2 aromatic heterocycles. The van der Waals surface area contributed by atoms with Crippen molar-refractivity contribution >= 4 is 33.3 Å². The van der Waals surface area contributed by atoms with Crippen molar-refractivity contribution in [2.45, 2.75) is 51.9 Å². The summed E-state index contributed by atoms with van der Waals surface area (Å²) >= 11 is 1.87. The zero-order chi connectivity index (χ0) is 17.7. The number of anilines is 1. The summed E-state index contributed by atoms with van der Waals surface area (Å²) in [6.07, 6.45) is 8.32. The predicted octanol–water partition coefficient (Wildman–Crippen LogP) is 3.33. The van der Waals surface area contributed by atoms with Gasteiger partial charge in [-0.2, -0.15) is 0 Å². The molecule has 5 nitrogen and oxygen atoms in total. The molecular formula is C20H26N4OS. The lowest BCUT2D eigenvalue weighted by molar-refractivity contribution is -0.138. The van der Waals surface area contributed by atoms with Gasteiger partial charge in [0.05, 0.1) is 5.39 Å². The SMILES string of the molecule is Cc1nc(N2CCN(C(=O)C3CCC3)CC2)c2c3c(sc2n1)CCCC3. The van der Waals surface area contributed by atoms with Crippen LogP contribution in [0.2, 0.25) is 0 Å². The molecule has 5 rings (SSSR count). The van der Waals surface area contributed by atoms with Crippen LogP contribution in [0.25, 0.3) is 10.2 Å². The number of thiophene rings is 1. The molecule has 1 saturated carbocycles. The van der Waals surface area contributed by atoms with E-state index in [-0.39, 0.29) is 0 Å². The lowest BCUT2D eigenvalue weighted by Gasteiger charge is -2.39. The van der Waals surface area contributed by atoms with Crippen LogP contribution in [0.5, 0.6) is 0 Å². The zero-order valence-electron chi connectivity index (χ0n) is 15.5. The molecule has 2 aromatic rings. The molecule has 138 valence electrons. The summed E-state index contributed by atoms with van der Waals surface area (Å²) in [7, 11) is 0. The molecule has 1 saturated heterocycles. The Morgan fingerprint density at radius 3 is 2.54 bits per heavy atom. The van der Waals surface area contributed by atoms with E-state index < -0.39 is 0 Å². The van der Waals surface area contributed by atoms with E-state index in [0.717, 1.165) is 61.9 Å². The molecule has 3 heterocycles. The number of nitrogens with zero attached hydrogens (tertiary/aromatic N) is 4. The van der Waals surface area contributed by atoms with Gasteiger partial charge in [0.2, 0.25) is 5.91 Å². The number of fused-ring (bicyclic) bond motifs is 3. The molecule has 0 spiro atoms. The van der Waals surface area contributed by atoms with Gasteiger partial charge in [0.15, 0.2) is 0 Å². The predicted molar refractivity (Wildman–Crippen MR) is 105 cm³/mol. The monoisotopic (exact) mass is 370 g/mol. The van der Waals surface area contributed by atoms with E-state index in [1.807, 2.05) is 18.3 Å². The van der Waals surface area contributed by atoms with Gasteiger partial charge in [0, 0.05) is 37.0 Å². The molecule has 0 atom stereocenters. The number of hydrogen-bond donors (Lipinski definition) is 0. The van der Waals surface area contributed by atoms with Crippen LogP contribution in [0.1, 0.15) is 48.4 Å². The minimum Gasteiger partial charge on any atom is -0.352 e. The van der Waals surface area contributed by atoms with Crippen molar-refractivity contribution in [3.63, 3.8) is 0 Å². The number of aryl methyl sites for hydroxylation is 3. The van der Waals surface area contributed by atoms with Crippen LogP contribution in [0.15, 0.2) is 0 Å². The molecule has 1 amide bonds. The van der Waals surface area contributed by atoms with Crippen molar-refractivity contribution in [2.75, 3.05) is 31.1 Å². The Bertz CT molecular complexity index is 849. The van der Waals surface area contributed by atoms with Gasteiger partial charge in [0.25, 0.3) is 0 Å². The largest absolute Gasteiger partial charge is 0.352 e. The third-order valence-electron chi connectivity index (χ3n) is 6.25. The highest BCUT2D eigenvalue weighted by Crippen LogP contribution is 2.40. The lowest BCUT2D eigenvalue weighted by Crippen LogP contribution is -2.51. The number of aromatic nitrogens is 2. The molecule has 2 fully saturated rings. The number of hydrogen-bond acceptors (Lipinski definition) is 5. The first-order chi connectivity index (χ1) is 12.7. The van der Waals surface area contributed by atoms with E-state index in [1.165, 1.54) is 41.5 Å². The van der Waals surface area contributed by atoms with Gasteiger partial charge < -0.3 is 9.80 Å². The minimum absolute atomic E-state index is 0.304. The van der Waals surface area contributed by atoms with Crippen LogP contribution in [0.4, 0.5) is 5.82 Å². The van der Waals surface area contributed by atoms with Crippen molar-refractivity contribution in [2.24, 2.45) is 5.92 Å². The Labute approximate surface area is 158 Å². The van der Waals surface area contributed by atoms with E-state index in [1.54, 1.807) is 0 Å². The van der Waals surface area contributed by atoms with Gasteiger partial charge in [0.1, 0.15) is 16.5 Å². The third kappa shape index (κ3) is 2.70. The van der Waals surface area contributed by atoms with Gasteiger partial charge in [-0.05, 0) is 51.0 Å². The molecule has 0 unspecified atom stereocenters. The number of piperazine rings is 1. The maximum absolute atomic E-state index is 12.5. The smallest absolute Gasteiger partial charge is 0.225 e. The summed E-state index contributed by atoms with van der Waals surface area (Å²) in [5.74, 6) is 2.66. The summed E-state index contributed by atoms with van der Waals surface area (Å²) < 4.78 is 0. The second-order valence-electron chi connectivity index (χ2n) is 7.93. The Balaban J connectivity index is 1.42. The first-order valence-electron chi connectivity index (χ1n) is 10.0. The van der Waals surface area contributed by atoms with Gasteiger partial charge in [-0.15, -0.1) is 11.3 Å². The fraction of sp³-hybridized carbons (Fsp3) is 0.650.